The maximum Gasteiger partial charge on any atom is 0.332 e. The number of rotatable bonds is 5. The van der Waals surface area contributed by atoms with E-state index in [1.807, 2.05) is 11.8 Å². The Morgan fingerprint density at radius 3 is 2.70 bits per heavy atom. The number of piperidine rings is 1. The van der Waals surface area contributed by atoms with Gasteiger partial charge in [0.05, 0.1) is 6.61 Å². The summed E-state index contributed by atoms with van der Waals surface area (Å²) in [6.45, 7) is 4.76. The largest absolute Gasteiger partial charge is 0.479 e. The van der Waals surface area contributed by atoms with Gasteiger partial charge in [-0.2, -0.15) is 0 Å². The van der Waals surface area contributed by atoms with Gasteiger partial charge >= 0.3 is 5.97 Å². The van der Waals surface area contributed by atoms with Crippen LogP contribution in [0.5, 0.6) is 0 Å². The van der Waals surface area contributed by atoms with Crippen molar-refractivity contribution in [2.45, 2.75) is 44.8 Å². The highest BCUT2D eigenvalue weighted by atomic mass is 16.5. The van der Waals surface area contributed by atoms with Gasteiger partial charge in [0.2, 0.25) is 0 Å². The van der Waals surface area contributed by atoms with Crippen molar-refractivity contribution in [2.24, 2.45) is 5.92 Å². The normalized spacial score (nSPS) is 30.4. The Labute approximate surface area is 119 Å². The number of nitrogens with zero attached hydrogens (tertiary/aromatic N) is 1. The molecule has 114 valence electrons. The molecule has 1 amide bonds. The first-order valence-corrected chi connectivity index (χ1v) is 7.36. The van der Waals surface area contributed by atoms with E-state index in [1.165, 1.54) is 0 Å². The lowest BCUT2D eigenvalue weighted by Gasteiger charge is -2.34. The molecule has 1 unspecified atom stereocenters. The molecule has 2 aliphatic heterocycles. The van der Waals surface area contributed by atoms with Gasteiger partial charge in [-0.15, -0.1) is 0 Å². The van der Waals surface area contributed by atoms with Crippen molar-refractivity contribution in [3.05, 3.63) is 0 Å². The van der Waals surface area contributed by atoms with E-state index in [1.54, 1.807) is 0 Å². The number of carbonyl (C=O) groups excluding carboxylic acids is 1. The number of hydrogen-bond acceptors (Lipinski definition) is 4. The first-order chi connectivity index (χ1) is 9.61. The summed E-state index contributed by atoms with van der Waals surface area (Å²) in [6, 6.07) is 0. The zero-order valence-corrected chi connectivity index (χ0v) is 11.9. The number of carboxylic acid groups (broad SMARTS) is 1. The topological polar surface area (TPSA) is 76.1 Å². The second-order valence-electron chi connectivity index (χ2n) is 5.48. The highest BCUT2D eigenvalue weighted by Gasteiger charge is 2.37. The molecule has 0 radical (unpaired) electrons. The van der Waals surface area contributed by atoms with Gasteiger partial charge in [0.25, 0.3) is 5.91 Å². The Bertz CT molecular complexity index is 359. The molecular formula is C14H23NO5. The van der Waals surface area contributed by atoms with Crippen molar-refractivity contribution < 1.29 is 24.2 Å². The van der Waals surface area contributed by atoms with Gasteiger partial charge in [0.15, 0.2) is 6.10 Å². The predicted molar refractivity (Wildman–Crippen MR) is 71.3 cm³/mol. The van der Waals surface area contributed by atoms with Crippen LogP contribution in [0.4, 0.5) is 0 Å². The lowest BCUT2D eigenvalue weighted by atomic mass is 9.98. The molecule has 2 rings (SSSR count). The lowest BCUT2D eigenvalue weighted by molar-refractivity contribution is -0.155. The van der Waals surface area contributed by atoms with E-state index in [4.69, 9.17) is 14.6 Å². The predicted octanol–water partition coefficient (Wildman–Crippen LogP) is 0.894. The third-order valence-corrected chi connectivity index (χ3v) is 3.96. The molecule has 6 heteroatoms. The average Bonchev–Trinajstić information content (AvgIpc) is 2.94. The summed E-state index contributed by atoms with van der Waals surface area (Å²) < 4.78 is 10.8. The molecule has 2 fully saturated rings. The zero-order chi connectivity index (χ0) is 14.5. The van der Waals surface area contributed by atoms with Gasteiger partial charge < -0.3 is 19.5 Å². The molecule has 20 heavy (non-hydrogen) atoms. The molecule has 0 saturated carbocycles. The number of aliphatic carboxylic acids is 1. The summed E-state index contributed by atoms with van der Waals surface area (Å²) in [4.78, 5) is 25.0. The molecular weight excluding hydrogens is 262 g/mol. The van der Waals surface area contributed by atoms with E-state index in [0.717, 1.165) is 19.4 Å². The first kappa shape index (κ1) is 15.3. The maximum atomic E-state index is 12.4. The molecule has 0 aromatic carbocycles. The van der Waals surface area contributed by atoms with Crippen molar-refractivity contribution in [2.75, 3.05) is 26.3 Å². The lowest BCUT2D eigenvalue weighted by Crippen LogP contribution is -2.46. The van der Waals surface area contributed by atoms with Gasteiger partial charge in [-0.1, -0.05) is 0 Å². The van der Waals surface area contributed by atoms with E-state index in [2.05, 4.69) is 0 Å². The van der Waals surface area contributed by atoms with E-state index in [9.17, 15) is 9.59 Å². The van der Waals surface area contributed by atoms with Crippen LogP contribution < -0.4 is 0 Å². The van der Waals surface area contributed by atoms with Crippen LogP contribution in [0.2, 0.25) is 0 Å². The van der Waals surface area contributed by atoms with Crippen molar-refractivity contribution in [1.29, 1.82) is 0 Å². The molecule has 0 aromatic rings. The van der Waals surface area contributed by atoms with Crippen LogP contribution in [0.25, 0.3) is 0 Å². The number of amides is 1. The molecule has 3 atom stereocenters. The molecule has 2 heterocycles. The van der Waals surface area contributed by atoms with Gasteiger partial charge in [0, 0.05) is 19.7 Å². The van der Waals surface area contributed by atoms with E-state index < -0.39 is 18.2 Å². The molecule has 1 N–H and O–H groups in total. The quantitative estimate of drug-likeness (QED) is 0.812. The fraction of sp³-hybridized carbons (Fsp3) is 0.857. The van der Waals surface area contributed by atoms with Gasteiger partial charge in [-0.05, 0) is 38.5 Å². The van der Waals surface area contributed by atoms with Crippen LogP contribution in [0.3, 0.4) is 0 Å². The summed E-state index contributed by atoms with van der Waals surface area (Å²) in [5, 5.41) is 8.90. The van der Waals surface area contributed by atoms with Gasteiger partial charge in [-0.25, -0.2) is 4.79 Å². The highest BCUT2D eigenvalue weighted by molar-refractivity contribution is 5.82. The molecule has 0 bridgehead atoms. The first-order valence-electron chi connectivity index (χ1n) is 7.36. The van der Waals surface area contributed by atoms with E-state index in [-0.39, 0.29) is 5.91 Å². The van der Waals surface area contributed by atoms with Crippen LogP contribution >= 0.6 is 0 Å². The fourth-order valence-corrected chi connectivity index (χ4v) is 2.89. The smallest absolute Gasteiger partial charge is 0.332 e. The third-order valence-electron chi connectivity index (χ3n) is 3.96. The Morgan fingerprint density at radius 2 is 2.05 bits per heavy atom. The Hall–Kier alpha value is -1.14. The molecule has 0 aromatic heterocycles. The average molecular weight is 285 g/mol. The molecule has 0 spiro atoms. The second kappa shape index (κ2) is 7.04. The minimum absolute atomic E-state index is 0.0602. The van der Waals surface area contributed by atoms with Crippen LogP contribution in [0.15, 0.2) is 0 Å². The number of carboxylic acids is 1. The maximum absolute atomic E-state index is 12.4. The Morgan fingerprint density at radius 1 is 1.30 bits per heavy atom. The summed E-state index contributed by atoms with van der Waals surface area (Å²) in [7, 11) is 0. The standard InChI is InChI=1S/C14H23NO5/c1-2-19-9-10-4-3-7-15(8-10)13(16)11-5-6-12(20-11)14(17)18/h10-12H,2-9H2,1H3,(H,17,18)/t10?,11-,12+/m0/s1. The van der Waals surface area contributed by atoms with Gasteiger partial charge in [-0.3, -0.25) is 4.79 Å². The van der Waals surface area contributed by atoms with E-state index in [0.29, 0.717) is 38.5 Å². The monoisotopic (exact) mass is 285 g/mol. The summed E-state index contributed by atoms with van der Waals surface area (Å²) in [6.07, 6.45) is 1.56. The fourth-order valence-electron chi connectivity index (χ4n) is 2.89. The zero-order valence-electron chi connectivity index (χ0n) is 11.9. The van der Waals surface area contributed by atoms with Crippen molar-refractivity contribution in [3.63, 3.8) is 0 Å². The molecule has 2 saturated heterocycles. The van der Waals surface area contributed by atoms with Crippen LogP contribution in [0.1, 0.15) is 32.6 Å². The number of carbonyl (C=O) groups is 2. The highest BCUT2D eigenvalue weighted by Crippen LogP contribution is 2.24. The number of likely N-dealkylation sites (tertiary alicyclic amines) is 1. The van der Waals surface area contributed by atoms with E-state index >= 15 is 0 Å². The van der Waals surface area contributed by atoms with Crippen LogP contribution in [-0.2, 0) is 19.1 Å². The van der Waals surface area contributed by atoms with Gasteiger partial charge in [0.1, 0.15) is 6.10 Å². The summed E-state index contributed by atoms with van der Waals surface area (Å²) >= 11 is 0. The second-order valence-corrected chi connectivity index (χ2v) is 5.48. The van der Waals surface area contributed by atoms with Crippen molar-refractivity contribution in [1.82, 2.24) is 4.90 Å². The Balaban J connectivity index is 1.84. The van der Waals surface area contributed by atoms with Crippen molar-refractivity contribution in [3.8, 4) is 0 Å². The number of ether oxygens (including phenoxy) is 2. The third kappa shape index (κ3) is 3.70. The number of hydrogen-bond donors (Lipinski definition) is 1. The summed E-state index contributed by atoms with van der Waals surface area (Å²) in [5.74, 6) is -0.660. The molecule has 2 aliphatic rings. The molecule has 0 aliphatic carbocycles. The molecule has 6 nitrogen and oxygen atoms in total. The summed E-state index contributed by atoms with van der Waals surface area (Å²) in [5.41, 5.74) is 0. The SMILES string of the molecule is CCOCC1CCCN(C(=O)[C@@H]2CC[C@H](C(=O)O)O2)C1. The van der Waals surface area contributed by atoms with Crippen LogP contribution in [-0.4, -0.2) is 60.4 Å². The van der Waals surface area contributed by atoms with Crippen molar-refractivity contribution >= 4 is 11.9 Å². The minimum atomic E-state index is -0.979. The minimum Gasteiger partial charge on any atom is -0.479 e. The van der Waals surface area contributed by atoms with Crippen LogP contribution in [0, 0.1) is 5.92 Å². The Kier molecular flexibility index (Phi) is 5.37.